The monoisotopic (exact) mass is 396 g/mol. The van der Waals surface area contributed by atoms with Crippen molar-refractivity contribution >= 4 is 34.8 Å². The highest BCUT2D eigenvalue weighted by molar-refractivity contribution is 6.67. The third-order valence-electron chi connectivity index (χ3n) is 3.60. The molecule has 0 bridgehead atoms. The van der Waals surface area contributed by atoms with Gasteiger partial charge in [-0.05, 0) is 42.0 Å². The van der Waals surface area contributed by atoms with E-state index in [-0.39, 0.29) is 5.69 Å². The highest BCUT2D eigenvalue weighted by Gasteiger charge is 2.20. The molecule has 1 heterocycles. The SMILES string of the molecule is Cn1ccn(-c2ccc(Oc3cccc(CC(Cl)(Cl)Cl)c3)cc2)c1=O. The van der Waals surface area contributed by atoms with Gasteiger partial charge in [0, 0.05) is 25.9 Å². The van der Waals surface area contributed by atoms with Gasteiger partial charge in [-0.3, -0.25) is 4.57 Å². The molecule has 0 aliphatic rings. The number of rotatable bonds is 4. The van der Waals surface area contributed by atoms with Crippen LogP contribution >= 0.6 is 34.8 Å². The van der Waals surface area contributed by atoms with Crippen molar-refractivity contribution < 1.29 is 4.74 Å². The van der Waals surface area contributed by atoms with Gasteiger partial charge in [0.1, 0.15) is 11.5 Å². The van der Waals surface area contributed by atoms with Crippen molar-refractivity contribution in [1.29, 1.82) is 0 Å². The molecule has 0 fully saturated rings. The van der Waals surface area contributed by atoms with E-state index in [1.807, 2.05) is 36.4 Å². The zero-order valence-electron chi connectivity index (χ0n) is 13.3. The maximum absolute atomic E-state index is 12.0. The van der Waals surface area contributed by atoms with Crippen LogP contribution in [0.5, 0.6) is 11.5 Å². The standard InChI is InChI=1S/C18H15Cl3N2O2/c1-22-9-10-23(17(22)24)14-5-7-15(8-6-14)25-16-4-2-3-13(11-16)12-18(19,20)21/h2-11H,12H2,1H3. The normalized spacial score (nSPS) is 11.5. The van der Waals surface area contributed by atoms with Crippen LogP contribution < -0.4 is 10.4 Å². The van der Waals surface area contributed by atoms with Gasteiger partial charge in [-0.25, -0.2) is 4.79 Å². The van der Waals surface area contributed by atoms with Gasteiger partial charge in [0.25, 0.3) is 0 Å². The molecule has 130 valence electrons. The molecule has 0 unspecified atom stereocenters. The summed E-state index contributed by atoms with van der Waals surface area (Å²) >= 11 is 17.5. The topological polar surface area (TPSA) is 36.2 Å². The van der Waals surface area contributed by atoms with Crippen molar-refractivity contribution in [3.63, 3.8) is 0 Å². The maximum atomic E-state index is 12.0. The molecular formula is C18H15Cl3N2O2. The van der Waals surface area contributed by atoms with E-state index < -0.39 is 3.79 Å². The lowest BCUT2D eigenvalue weighted by atomic mass is 10.1. The highest BCUT2D eigenvalue weighted by atomic mass is 35.6. The zero-order valence-corrected chi connectivity index (χ0v) is 15.6. The molecule has 0 aliphatic carbocycles. The van der Waals surface area contributed by atoms with Crippen LogP contribution in [0, 0.1) is 0 Å². The van der Waals surface area contributed by atoms with Gasteiger partial charge in [-0.2, -0.15) is 0 Å². The molecule has 3 aromatic rings. The third kappa shape index (κ3) is 4.60. The molecular weight excluding hydrogens is 383 g/mol. The van der Waals surface area contributed by atoms with E-state index in [0.29, 0.717) is 17.9 Å². The minimum Gasteiger partial charge on any atom is -0.457 e. The van der Waals surface area contributed by atoms with Crippen LogP contribution in [0.4, 0.5) is 0 Å². The number of imidazole rings is 1. The average Bonchev–Trinajstić information content (AvgIpc) is 2.87. The fourth-order valence-corrected chi connectivity index (χ4v) is 2.88. The molecule has 0 N–H and O–H groups in total. The zero-order chi connectivity index (χ0) is 18.0. The number of hydrogen-bond acceptors (Lipinski definition) is 2. The van der Waals surface area contributed by atoms with Gasteiger partial charge in [0.15, 0.2) is 3.79 Å². The van der Waals surface area contributed by atoms with Gasteiger partial charge in [0.05, 0.1) is 5.69 Å². The Morgan fingerprint density at radius 2 is 1.72 bits per heavy atom. The first-order chi connectivity index (χ1) is 11.8. The predicted octanol–water partition coefficient (Wildman–Crippen LogP) is 4.88. The van der Waals surface area contributed by atoms with Crippen LogP contribution in [0.1, 0.15) is 5.56 Å². The lowest BCUT2D eigenvalue weighted by Crippen LogP contribution is -2.20. The van der Waals surface area contributed by atoms with Crippen molar-refractivity contribution in [2.75, 3.05) is 0 Å². The fraction of sp³-hybridized carbons (Fsp3) is 0.167. The number of benzene rings is 2. The molecule has 0 amide bonds. The van der Waals surface area contributed by atoms with E-state index in [1.165, 1.54) is 4.57 Å². The average molecular weight is 398 g/mol. The van der Waals surface area contributed by atoms with Crippen molar-refractivity contribution in [1.82, 2.24) is 9.13 Å². The van der Waals surface area contributed by atoms with Crippen LogP contribution in [0.25, 0.3) is 5.69 Å². The number of alkyl halides is 3. The van der Waals surface area contributed by atoms with Crippen molar-refractivity contribution in [3.05, 3.63) is 77.0 Å². The largest absolute Gasteiger partial charge is 0.457 e. The van der Waals surface area contributed by atoms with E-state index in [4.69, 9.17) is 39.5 Å². The Labute approximate surface area is 160 Å². The fourth-order valence-electron chi connectivity index (χ4n) is 2.42. The number of nitrogens with zero attached hydrogens (tertiary/aromatic N) is 2. The van der Waals surface area contributed by atoms with Gasteiger partial charge in [-0.1, -0.05) is 46.9 Å². The minimum atomic E-state index is -1.34. The molecule has 0 aliphatic heterocycles. The molecule has 2 aromatic carbocycles. The first kappa shape index (κ1) is 17.9. The van der Waals surface area contributed by atoms with Gasteiger partial charge >= 0.3 is 5.69 Å². The number of halogens is 3. The second-order valence-electron chi connectivity index (χ2n) is 5.60. The molecule has 25 heavy (non-hydrogen) atoms. The smallest absolute Gasteiger partial charge is 0.332 e. The maximum Gasteiger partial charge on any atom is 0.332 e. The summed E-state index contributed by atoms with van der Waals surface area (Å²) in [7, 11) is 1.71. The molecule has 0 spiro atoms. The summed E-state index contributed by atoms with van der Waals surface area (Å²) < 4.78 is 7.57. The van der Waals surface area contributed by atoms with Crippen LogP contribution in [0.3, 0.4) is 0 Å². The Morgan fingerprint density at radius 1 is 1.00 bits per heavy atom. The lowest BCUT2D eigenvalue weighted by molar-refractivity contribution is 0.482. The van der Waals surface area contributed by atoms with Crippen LogP contribution in [-0.4, -0.2) is 12.9 Å². The van der Waals surface area contributed by atoms with Gasteiger partial charge < -0.3 is 9.30 Å². The number of ether oxygens (including phenoxy) is 1. The third-order valence-corrected chi connectivity index (χ3v) is 4.00. The molecule has 0 saturated heterocycles. The summed E-state index contributed by atoms with van der Waals surface area (Å²) in [5.74, 6) is 1.30. The summed E-state index contributed by atoms with van der Waals surface area (Å²) in [6, 6.07) is 14.6. The Balaban J connectivity index is 1.77. The van der Waals surface area contributed by atoms with Crippen molar-refractivity contribution in [2.45, 2.75) is 10.2 Å². The quantitative estimate of drug-likeness (QED) is 0.588. The summed E-state index contributed by atoms with van der Waals surface area (Å²) in [4.78, 5) is 12.0. The second-order valence-corrected chi connectivity index (χ2v) is 8.11. The molecule has 7 heteroatoms. The van der Waals surface area contributed by atoms with Crippen LogP contribution in [0.2, 0.25) is 0 Å². The number of aryl methyl sites for hydroxylation is 1. The first-order valence-electron chi connectivity index (χ1n) is 7.50. The molecule has 4 nitrogen and oxygen atoms in total. The molecule has 1 aromatic heterocycles. The molecule has 0 atom stereocenters. The Kier molecular flexibility index (Phi) is 5.13. The van der Waals surface area contributed by atoms with Crippen LogP contribution in [0.15, 0.2) is 65.7 Å². The van der Waals surface area contributed by atoms with Gasteiger partial charge in [0.2, 0.25) is 0 Å². The summed E-state index contributed by atoms with van der Waals surface area (Å²) in [5.41, 5.74) is 1.53. The van der Waals surface area contributed by atoms with Gasteiger partial charge in [-0.15, -0.1) is 0 Å². The highest BCUT2D eigenvalue weighted by Crippen LogP contribution is 2.32. The van der Waals surface area contributed by atoms with E-state index in [1.54, 1.807) is 36.1 Å². The summed E-state index contributed by atoms with van der Waals surface area (Å²) in [6.07, 6.45) is 3.73. The second kappa shape index (κ2) is 7.16. The first-order valence-corrected chi connectivity index (χ1v) is 8.63. The Hall–Kier alpha value is -1.88. The van der Waals surface area contributed by atoms with E-state index in [9.17, 15) is 4.79 Å². The van der Waals surface area contributed by atoms with E-state index in [2.05, 4.69) is 0 Å². The number of aromatic nitrogens is 2. The summed E-state index contributed by atoms with van der Waals surface area (Å²) in [6.45, 7) is 0. The van der Waals surface area contributed by atoms with Crippen LogP contribution in [-0.2, 0) is 13.5 Å². The van der Waals surface area contributed by atoms with Crippen molar-refractivity contribution in [3.8, 4) is 17.2 Å². The Morgan fingerprint density at radius 3 is 2.32 bits per heavy atom. The van der Waals surface area contributed by atoms with Crippen molar-refractivity contribution in [2.24, 2.45) is 7.05 Å². The molecule has 3 rings (SSSR count). The number of hydrogen-bond donors (Lipinski definition) is 0. The predicted molar refractivity (Wildman–Crippen MR) is 102 cm³/mol. The summed E-state index contributed by atoms with van der Waals surface area (Å²) in [5, 5.41) is 0. The minimum absolute atomic E-state index is 0.104. The Bertz CT molecular complexity index is 924. The lowest BCUT2D eigenvalue weighted by Gasteiger charge is -2.12. The van der Waals surface area contributed by atoms with E-state index in [0.717, 1.165) is 11.3 Å². The van der Waals surface area contributed by atoms with E-state index >= 15 is 0 Å². The molecule has 0 radical (unpaired) electrons. The molecule has 0 saturated carbocycles.